The van der Waals surface area contributed by atoms with Crippen molar-refractivity contribution >= 4 is 28.1 Å². The average molecular weight is 339 g/mol. The maximum atomic E-state index is 12.2. The molecule has 0 amide bonds. The Morgan fingerprint density at radius 3 is 2.84 bits per heavy atom. The molecule has 1 N–H and O–H groups in total. The van der Waals surface area contributed by atoms with E-state index in [-0.39, 0.29) is 11.7 Å². The van der Waals surface area contributed by atoms with Gasteiger partial charge >= 0.3 is 0 Å². The molecule has 0 aliphatic carbocycles. The van der Waals surface area contributed by atoms with Crippen LogP contribution >= 0.6 is 28.1 Å². The fourth-order valence-electron chi connectivity index (χ4n) is 2.18. The molecule has 0 saturated heterocycles. The molecule has 0 saturated carbocycles. The van der Waals surface area contributed by atoms with Gasteiger partial charge in [0.1, 0.15) is 11.7 Å². The van der Waals surface area contributed by atoms with Crippen LogP contribution in [0.25, 0.3) is 11.1 Å². The van der Waals surface area contributed by atoms with Gasteiger partial charge in [0.2, 0.25) is 5.88 Å². The number of rotatable bonds is 2. The van der Waals surface area contributed by atoms with Gasteiger partial charge in [0.05, 0.1) is 6.54 Å². The lowest BCUT2D eigenvalue weighted by Gasteiger charge is -2.08. The third-order valence-electron chi connectivity index (χ3n) is 3.05. The van der Waals surface area contributed by atoms with Gasteiger partial charge in [-0.1, -0.05) is 46.3 Å². The van der Waals surface area contributed by atoms with Crippen molar-refractivity contribution in [3.8, 4) is 17.0 Å². The van der Waals surface area contributed by atoms with Crippen LogP contribution < -0.4 is 10.3 Å². The minimum absolute atomic E-state index is 0.000591. The predicted molar refractivity (Wildman–Crippen MR) is 79.5 cm³/mol. The fourth-order valence-corrected chi connectivity index (χ4v) is 2.77. The highest BCUT2D eigenvalue weighted by molar-refractivity contribution is 9.09. The molecule has 19 heavy (non-hydrogen) atoms. The number of hydrogen-bond acceptors (Lipinski definition) is 3. The van der Waals surface area contributed by atoms with E-state index in [0.717, 1.165) is 5.56 Å². The lowest BCUT2D eigenvalue weighted by atomic mass is 10.1. The van der Waals surface area contributed by atoms with Crippen molar-refractivity contribution in [2.45, 2.75) is 12.6 Å². The van der Waals surface area contributed by atoms with Gasteiger partial charge in [0.25, 0.3) is 5.56 Å². The molecule has 0 bridgehead atoms. The van der Waals surface area contributed by atoms with Crippen molar-refractivity contribution in [3.63, 3.8) is 0 Å². The lowest BCUT2D eigenvalue weighted by molar-refractivity contribution is 0.261. The first-order chi connectivity index (χ1) is 9.20. The molecule has 4 nitrogen and oxygen atoms in total. The van der Waals surface area contributed by atoms with Crippen molar-refractivity contribution in [1.82, 2.24) is 9.55 Å². The fraction of sp³-hybridized carbons (Fsp3) is 0.231. The van der Waals surface area contributed by atoms with Crippen LogP contribution in [0.5, 0.6) is 5.88 Å². The molecule has 2 heterocycles. The first-order valence-corrected chi connectivity index (χ1v) is 7.39. The highest BCUT2D eigenvalue weighted by atomic mass is 79.9. The van der Waals surface area contributed by atoms with Crippen LogP contribution in [-0.2, 0) is 6.54 Å². The standard InChI is InChI=1S/C13H11BrN2O2S/c14-6-9-7-16-12(18-9)10(11(17)15-13(16)19)8-4-2-1-3-5-8/h1-5,9H,6-7H2,(H,15,17,19)/t9-/m0/s1. The summed E-state index contributed by atoms with van der Waals surface area (Å²) in [5.74, 6) is 0.560. The molecule has 98 valence electrons. The van der Waals surface area contributed by atoms with E-state index in [0.29, 0.717) is 28.1 Å². The predicted octanol–water partition coefficient (Wildman–Crippen LogP) is 2.73. The Bertz CT molecular complexity index is 724. The molecule has 6 heteroatoms. The van der Waals surface area contributed by atoms with Crippen LogP contribution in [0, 0.1) is 4.77 Å². The Morgan fingerprint density at radius 2 is 2.16 bits per heavy atom. The number of alkyl halides is 1. The van der Waals surface area contributed by atoms with Gasteiger partial charge in [-0.15, -0.1) is 0 Å². The number of aromatic amines is 1. The van der Waals surface area contributed by atoms with Gasteiger partial charge in [-0.25, -0.2) is 0 Å². The Labute approximate surface area is 123 Å². The normalized spacial score (nSPS) is 17.0. The molecule has 0 fully saturated rings. The smallest absolute Gasteiger partial charge is 0.263 e. The molecule has 1 atom stereocenters. The zero-order valence-electron chi connectivity index (χ0n) is 9.93. The van der Waals surface area contributed by atoms with Crippen molar-refractivity contribution in [2.75, 3.05) is 5.33 Å². The molecule has 0 unspecified atom stereocenters. The number of hydrogen-bond donors (Lipinski definition) is 1. The van der Waals surface area contributed by atoms with Crippen LogP contribution in [0.2, 0.25) is 0 Å². The number of H-pyrrole nitrogens is 1. The van der Waals surface area contributed by atoms with E-state index in [1.807, 2.05) is 34.9 Å². The highest BCUT2D eigenvalue weighted by Crippen LogP contribution is 2.31. The van der Waals surface area contributed by atoms with Gasteiger partial charge in [-0.05, 0) is 17.8 Å². The summed E-state index contributed by atoms with van der Waals surface area (Å²) in [6.45, 7) is 0.649. The number of aromatic nitrogens is 2. The summed E-state index contributed by atoms with van der Waals surface area (Å²) in [6.07, 6.45) is -0.000591. The van der Waals surface area contributed by atoms with E-state index in [2.05, 4.69) is 20.9 Å². The number of ether oxygens (including phenoxy) is 1. The van der Waals surface area contributed by atoms with Crippen molar-refractivity contribution < 1.29 is 4.74 Å². The van der Waals surface area contributed by atoms with Gasteiger partial charge in [0, 0.05) is 5.33 Å². The first kappa shape index (κ1) is 12.6. The summed E-state index contributed by atoms with van der Waals surface area (Å²) >= 11 is 8.59. The van der Waals surface area contributed by atoms with E-state index in [1.54, 1.807) is 0 Å². The molecule has 1 aromatic carbocycles. The zero-order chi connectivity index (χ0) is 13.4. The molecule has 0 radical (unpaired) electrons. The van der Waals surface area contributed by atoms with Gasteiger partial charge < -0.3 is 4.74 Å². The Kier molecular flexibility index (Phi) is 3.28. The Morgan fingerprint density at radius 1 is 1.42 bits per heavy atom. The molecular weight excluding hydrogens is 328 g/mol. The minimum Gasteiger partial charge on any atom is -0.472 e. The molecule has 3 rings (SSSR count). The number of halogens is 1. The third kappa shape index (κ3) is 2.15. The number of benzene rings is 1. The molecule has 1 aliphatic heterocycles. The van der Waals surface area contributed by atoms with Gasteiger partial charge in [0.15, 0.2) is 4.77 Å². The first-order valence-electron chi connectivity index (χ1n) is 5.86. The number of fused-ring (bicyclic) bond motifs is 1. The molecular formula is C13H11BrN2O2S. The summed E-state index contributed by atoms with van der Waals surface area (Å²) in [5, 5.41) is 0.700. The third-order valence-corrected chi connectivity index (χ3v) is 4.10. The molecule has 2 aromatic rings. The quantitative estimate of drug-likeness (QED) is 0.676. The summed E-state index contributed by atoms with van der Waals surface area (Å²) in [7, 11) is 0. The van der Waals surface area contributed by atoms with Crippen LogP contribution in [-0.4, -0.2) is 21.0 Å². The Balaban J connectivity index is 2.26. The van der Waals surface area contributed by atoms with Crippen LogP contribution in [0.15, 0.2) is 35.1 Å². The highest BCUT2D eigenvalue weighted by Gasteiger charge is 2.27. The van der Waals surface area contributed by atoms with Gasteiger partial charge in [-0.3, -0.25) is 14.3 Å². The summed E-state index contributed by atoms with van der Waals surface area (Å²) in [5.41, 5.74) is 1.16. The van der Waals surface area contributed by atoms with Crippen LogP contribution in [0.1, 0.15) is 0 Å². The second-order valence-electron chi connectivity index (χ2n) is 4.31. The topological polar surface area (TPSA) is 47.0 Å². The second-order valence-corrected chi connectivity index (χ2v) is 5.34. The minimum atomic E-state index is -0.210. The lowest BCUT2D eigenvalue weighted by Crippen LogP contribution is -2.15. The molecule has 1 aliphatic rings. The second kappa shape index (κ2) is 4.94. The van der Waals surface area contributed by atoms with Crippen LogP contribution in [0.4, 0.5) is 0 Å². The number of nitrogens with one attached hydrogen (secondary N) is 1. The summed E-state index contributed by atoms with van der Waals surface area (Å²) in [6, 6.07) is 9.47. The van der Waals surface area contributed by atoms with E-state index in [9.17, 15) is 4.79 Å². The van der Waals surface area contributed by atoms with Crippen molar-refractivity contribution in [2.24, 2.45) is 0 Å². The van der Waals surface area contributed by atoms with E-state index in [4.69, 9.17) is 17.0 Å². The van der Waals surface area contributed by atoms with E-state index in [1.165, 1.54) is 0 Å². The molecule has 1 aromatic heterocycles. The van der Waals surface area contributed by atoms with Gasteiger partial charge in [-0.2, -0.15) is 0 Å². The zero-order valence-corrected chi connectivity index (χ0v) is 12.3. The van der Waals surface area contributed by atoms with Crippen molar-refractivity contribution in [3.05, 3.63) is 45.5 Å². The maximum Gasteiger partial charge on any atom is 0.263 e. The average Bonchev–Trinajstić information content (AvgIpc) is 2.84. The van der Waals surface area contributed by atoms with Crippen LogP contribution in [0.3, 0.4) is 0 Å². The summed E-state index contributed by atoms with van der Waals surface area (Å²) < 4.78 is 8.08. The monoisotopic (exact) mass is 338 g/mol. The maximum absolute atomic E-state index is 12.2. The number of nitrogens with zero attached hydrogens (tertiary/aromatic N) is 1. The van der Waals surface area contributed by atoms with Crippen molar-refractivity contribution in [1.29, 1.82) is 0 Å². The largest absolute Gasteiger partial charge is 0.472 e. The van der Waals surface area contributed by atoms with E-state index < -0.39 is 0 Å². The SMILES string of the molecule is O=c1[nH]c(=S)n2c(c1-c1ccccc1)O[C@@H](CBr)C2. The molecule has 0 spiro atoms. The van der Waals surface area contributed by atoms with E-state index >= 15 is 0 Å². The Hall–Kier alpha value is -1.40. The summed E-state index contributed by atoms with van der Waals surface area (Å²) in [4.78, 5) is 14.9.